The fourth-order valence-corrected chi connectivity index (χ4v) is 17.7. The highest BCUT2D eigenvalue weighted by molar-refractivity contribution is 6.91. The molecule has 1 saturated carbocycles. The van der Waals surface area contributed by atoms with Crippen molar-refractivity contribution < 1.29 is 8.23 Å². The van der Waals surface area contributed by atoms with Gasteiger partial charge in [0.2, 0.25) is 0 Å². The predicted octanol–water partition coefficient (Wildman–Crippen LogP) is 6.17. The minimum Gasteiger partial charge on any atom is -0.431 e. The molecular weight excluding hydrogens is 477 g/mol. The number of benzene rings is 3. The lowest BCUT2D eigenvalue weighted by Crippen LogP contribution is -2.62. The molecule has 0 spiro atoms. The van der Waals surface area contributed by atoms with Crippen molar-refractivity contribution in [2.24, 2.45) is 0 Å². The number of hydrogen-bond donors (Lipinski definition) is 0. The van der Waals surface area contributed by atoms with Gasteiger partial charge in [0, 0.05) is 5.54 Å². The summed E-state index contributed by atoms with van der Waals surface area (Å²) in [5, 5.41) is 1.28. The summed E-state index contributed by atoms with van der Waals surface area (Å²) in [5.41, 5.74) is 7.35. The number of rotatable bonds is 12. The molecule has 4 rings (SSSR count). The summed E-state index contributed by atoms with van der Waals surface area (Å²) in [5.74, 6) is 0. The Labute approximate surface area is 216 Å². The van der Waals surface area contributed by atoms with Crippen molar-refractivity contribution in [1.82, 2.24) is 0 Å². The molecule has 182 valence electrons. The van der Waals surface area contributed by atoms with Crippen molar-refractivity contribution in [3.63, 3.8) is 0 Å². The van der Waals surface area contributed by atoms with Gasteiger partial charge in [0.05, 0.1) is 0 Å². The van der Waals surface area contributed by atoms with Crippen LogP contribution in [-0.2, 0) is 20.3 Å². The SMILES string of the molecule is C=C[SiH](Cc1ccccc1)O[Si](O[SiH](C=C)Cc1ccccc1)(c1ccccc1)C1CCCCC1. The molecule has 1 aliphatic rings. The van der Waals surface area contributed by atoms with E-state index in [1.165, 1.54) is 48.4 Å². The molecule has 0 radical (unpaired) electrons. The molecule has 3 aromatic carbocycles. The molecule has 35 heavy (non-hydrogen) atoms. The Morgan fingerprint density at radius 3 is 1.51 bits per heavy atom. The largest absolute Gasteiger partial charge is 0.431 e. The van der Waals surface area contributed by atoms with Crippen molar-refractivity contribution in [3.8, 4) is 0 Å². The number of hydrogen-bond acceptors (Lipinski definition) is 2. The van der Waals surface area contributed by atoms with E-state index in [0.29, 0.717) is 5.54 Å². The molecule has 0 saturated heterocycles. The van der Waals surface area contributed by atoms with Crippen LogP contribution in [-0.4, -0.2) is 26.6 Å². The first-order valence-corrected chi connectivity index (χ1v) is 18.8. The van der Waals surface area contributed by atoms with Crippen molar-refractivity contribution in [1.29, 1.82) is 0 Å². The Morgan fingerprint density at radius 2 is 1.09 bits per heavy atom. The molecule has 0 aromatic heterocycles. The van der Waals surface area contributed by atoms with Gasteiger partial charge >= 0.3 is 8.56 Å². The zero-order chi connectivity index (χ0) is 24.3. The molecule has 0 heterocycles. The average Bonchev–Trinajstić information content (AvgIpc) is 2.93. The standard InChI is InChI=1S/C30H38O2Si3/c1-3-33(25-27-17-9-5-10-18-27)31-35(29-21-13-7-14-22-29,30-23-15-8-16-24-30)32-34(4-2)26-28-19-11-6-12-20-28/h3-7,9-14,17-22,30,33-34H,1-2,8,15-16,23-26H2. The second kappa shape index (κ2) is 13.1. The fourth-order valence-electron chi connectivity index (χ4n) is 5.23. The van der Waals surface area contributed by atoms with E-state index in [2.05, 4.69) is 116 Å². The maximum Gasteiger partial charge on any atom is 0.355 e. The van der Waals surface area contributed by atoms with Crippen molar-refractivity contribution >= 4 is 31.8 Å². The summed E-state index contributed by atoms with van der Waals surface area (Å²) >= 11 is 0. The van der Waals surface area contributed by atoms with Crippen LogP contribution in [0.5, 0.6) is 0 Å². The monoisotopic (exact) mass is 514 g/mol. The highest BCUT2D eigenvalue weighted by Gasteiger charge is 2.50. The van der Waals surface area contributed by atoms with Crippen LogP contribution in [0.15, 0.2) is 116 Å². The van der Waals surface area contributed by atoms with E-state index in [9.17, 15) is 0 Å². The van der Waals surface area contributed by atoms with Crippen LogP contribution in [0.2, 0.25) is 5.54 Å². The van der Waals surface area contributed by atoms with Gasteiger partial charge in [-0.3, -0.25) is 0 Å². The Hall–Kier alpha value is -2.29. The maximum absolute atomic E-state index is 7.41. The quantitative estimate of drug-likeness (QED) is 0.269. The van der Waals surface area contributed by atoms with Crippen LogP contribution in [0.1, 0.15) is 43.2 Å². The minimum absolute atomic E-state index is 0.468. The van der Waals surface area contributed by atoms with Gasteiger partial charge in [-0.15, -0.1) is 13.2 Å². The maximum atomic E-state index is 7.41. The molecule has 1 fully saturated rings. The van der Waals surface area contributed by atoms with Crippen LogP contribution < -0.4 is 5.19 Å². The first-order valence-electron chi connectivity index (χ1n) is 13.0. The summed E-state index contributed by atoms with van der Waals surface area (Å²) in [4.78, 5) is 0. The average molecular weight is 515 g/mol. The van der Waals surface area contributed by atoms with Gasteiger partial charge in [-0.1, -0.05) is 122 Å². The lowest BCUT2D eigenvalue weighted by Gasteiger charge is -2.43. The van der Waals surface area contributed by atoms with Gasteiger partial charge in [0.15, 0.2) is 18.1 Å². The van der Waals surface area contributed by atoms with E-state index < -0.39 is 26.6 Å². The van der Waals surface area contributed by atoms with Gasteiger partial charge < -0.3 is 8.23 Å². The van der Waals surface area contributed by atoms with Crippen LogP contribution in [0, 0.1) is 0 Å². The Balaban J connectivity index is 1.71. The van der Waals surface area contributed by atoms with Crippen molar-refractivity contribution in [3.05, 3.63) is 127 Å². The normalized spacial score (nSPS) is 17.7. The Kier molecular flexibility index (Phi) is 9.68. The van der Waals surface area contributed by atoms with Gasteiger partial charge in [0.1, 0.15) is 0 Å². The van der Waals surface area contributed by atoms with E-state index >= 15 is 0 Å². The highest BCUT2D eigenvalue weighted by Crippen LogP contribution is 2.39. The van der Waals surface area contributed by atoms with E-state index in [1.807, 2.05) is 0 Å². The molecule has 2 unspecified atom stereocenters. The molecule has 0 aliphatic heterocycles. The van der Waals surface area contributed by atoms with Crippen molar-refractivity contribution in [2.75, 3.05) is 0 Å². The lowest BCUT2D eigenvalue weighted by atomic mass is 10.0. The zero-order valence-electron chi connectivity index (χ0n) is 20.7. The third-order valence-corrected chi connectivity index (χ3v) is 17.9. The van der Waals surface area contributed by atoms with Gasteiger partial charge in [-0.2, -0.15) is 0 Å². The Bertz CT molecular complexity index is 981. The van der Waals surface area contributed by atoms with Crippen LogP contribution in [0.4, 0.5) is 0 Å². The van der Waals surface area contributed by atoms with E-state index in [-0.39, 0.29) is 0 Å². The van der Waals surface area contributed by atoms with Gasteiger partial charge in [0.25, 0.3) is 0 Å². The first kappa shape index (κ1) is 25.8. The van der Waals surface area contributed by atoms with Gasteiger partial charge in [-0.05, 0) is 41.2 Å². The second-order valence-electron chi connectivity index (χ2n) is 9.53. The third kappa shape index (κ3) is 6.90. The van der Waals surface area contributed by atoms with Crippen LogP contribution in [0.25, 0.3) is 0 Å². The van der Waals surface area contributed by atoms with E-state index in [4.69, 9.17) is 8.23 Å². The van der Waals surface area contributed by atoms with Gasteiger partial charge in [-0.25, -0.2) is 0 Å². The third-order valence-electron chi connectivity index (χ3n) is 7.06. The molecule has 2 atom stereocenters. The van der Waals surface area contributed by atoms with Crippen LogP contribution in [0.3, 0.4) is 0 Å². The van der Waals surface area contributed by atoms with E-state index in [0.717, 1.165) is 12.1 Å². The van der Waals surface area contributed by atoms with E-state index in [1.54, 1.807) is 0 Å². The Morgan fingerprint density at radius 1 is 0.657 bits per heavy atom. The van der Waals surface area contributed by atoms with Crippen LogP contribution >= 0.6 is 0 Å². The summed E-state index contributed by atoms with van der Waals surface area (Å²) in [6, 6.07) is 34.2. The lowest BCUT2D eigenvalue weighted by molar-refractivity contribution is 0.352. The summed E-state index contributed by atoms with van der Waals surface area (Å²) in [6.07, 6.45) is 6.21. The van der Waals surface area contributed by atoms with Crippen molar-refractivity contribution in [2.45, 2.75) is 49.7 Å². The predicted molar refractivity (Wildman–Crippen MR) is 156 cm³/mol. The molecular formula is C30H38O2Si3. The fraction of sp³-hybridized carbons (Fsp3) is 0.267. The first-order chi connectivity index (χ1) is 17.2. The molecule has 1 aliphatic carbocycles. The molecule has 2 nitrogen and oxygen atoms in total. The second-order valence-corrected chi connectivity index (χ2v) is 18.1. The summed E-state index contributed by atoms with van der Waals surface area (Å²) in [7, 11) is -6.31. The minimum atomic E-state index is -2.77. The molecule has 3 aromatic rings. The topological polar surface area (TPSA) is 18.5 Å². The molecule has 0 bridgehead atoms. The highest BCUT2D eigenvalue weighted by atomic mass is 28.5. The summed E-state index contributed by atoms with van der Waals surface area (Å²) < 4.78 is 14.8. The summed E-state index contributed by atoms with van der Waals surface area (Å²) in [6.45, 7) is 8.48. The molecule has 0 amide bonds. The smallest absolute Gasteiger partial charge is 0.355 e. The molecule has 0 N–H and O–H groups in total. The molecule has 5 heteroatoms. The zero-order valence-corrected chi connectivity index (χ0v) is 24.0.